The first-order chi connectivity index (χ1) is 8.99. The summed E-state index contributed by atoms with van der Waals surface area (Å²) in [7, 11) is 3.31. The van der Waals surface area contributed by atoms with E-state index in [0.717, 1.165) is 17.8 Å². The number of aromatic nitrogens is 2. The maximum atomic E-state index is 13.5. The minimum absolute atomic E-state index is 0.147. The van der Waals surface area contributed by atoms with Gasteiger partial charge >= 0.3 is 0 Å². The molecule has 0 aliphatic heterocycles. The quantitative estimate of drug-likeness (QED) is 0.851. The molecular weight excluding hydrogens is 252 g/mol. The third-order valence-corrected chi connectivity index (χ3v) is 2.83. The second kappa shape index (κ2) is 5.17. The molecule has 6 heteroatoms. The molecule has 1 aromatic carbocycles. The molecule has 0 aliphatic rings. The van der Waals surface area contributed by atoms with Crippen molar-refractivity contribution in [2.24, 2.45) is 7.05 Å². The Kier molecular flexibility index (Phi) is 3.59. The van der Waals surface area contributed by atoms with E-state index < -0.39 is 17.5 Å². The topological polar surface area (TPSA) is 38.1 Å². The van der Waals surface area contributed by atoms with Crippen molar-refractivity contribution in [3.05, 3.63) is 53.4 Å². The lowest BCUT2D eigenvalue weighted by Crippen LogP contribution is -2.28. The lowest BCUT2D eigenvalue weighted by atomic mass is 10.2. The molecule has 1 aromatic heterocycles. The van der Waals surface area contributed by atoms with E-state index >= 15 is 0 Å². The molecule has 0 fully saturated rings. The molecule has 1 amide bonds. The molecule has 0 bridgehead atoms. The Hall–Kier alpha value is -2.24. The van der Waals surface area contributed by atoms with Crippen LogP contribution in [0.3, 0.4) is 0 Å². The predicted octanol–water partition coefficient (Wildman–Crippen LogP) is 1.97. The summed E-state index contributed by atoms with van der Waals surface area (Å²) in [6, 6.07) is 4.68. The molecule has 0 saturated heterocycles. The van der Waals surface area contributed by atoms with E-state index in [0.29, 0.717) is 12.6 Å². The van der Waals surface area contributed by atoms with E-state index in [1.165, 1.54) is 4.90 Å². The van der Waals surface area contributed by atoms with Gasteiger partial charge in [0.15, 0.2) is 0 Å². The van der Waals surface area contributed by atoms with E-state index in [1.54, 1.807) is 31.0 Å². The zero-order valence-electron chi connectivity index (χ0n) is 10.6. The fraction of sp³-hybridized carbons (Fsp3) is 0.231. The molecule has 0 atom stereocenters. The first-order valence-corrected chi connectivity index (χ1v) is 5.66. The van der Waals surface area contributed by atoms with Gasteiger partial charge in [0.25, 0.3) is 5.91 Å². The molecule has 0 spiro atoms. The number of hydrogen-bond donors (Lipinski definition) is 0. The van der Waals surface area contributed by atoms with Crippen LogP contribution in [0.1, 0.15) is 16.1 Å². The third kappa shape index (κ3) is 2.78. The number of nitrogens with zero attached hydrogens (tertiary/aromatic N) is 3. The summed E-state index contributed by atoms with van der Waals surface area (Å²) in [5.41, 5.74) is 0.671. The Morgan fingerprint density at radius 2 is 2.11 bits per heavy atom. The van der Waals surface area contributed by atoms with Crippen LogP contribution >= 0.6 is 0 Å². The number of aryl methyl sites for hydroxylation is 1. The van der Waals surface area contributed by atoms with Gasteiger partial charge in [0.2, 0.25) is 0 Å². The minimum Gasteiger partial charge on any atom is -0.336 e. The number of halogens is 2. The number of carbonyl (C=O) groups is 1. The van der Waals surface area contributed by atoms with Crippen molar-refractivity contribution in [3.63, 3.8) is 0 Å². The van der Waals surface area contributed by atoms with Crippen molar-refractivity contribution < 1.29 is 13.6 Å². The van der Waals surface area contributed by atoms with Crippen LogP contribution in [0, 0.1) is 11.6 Å². The van der Waals surface area contributed by atoms with Gasteiger partial charge in [0.05, 0.1) is 17.8 Å². The average molecular weight is 265 g/mol. The zero-order valence-corrected chi connectivity index (χ0v) is 10.6. The number of benzene rings is 1. The SMILES string of the molecule is CN(Cc1ccnn1C)C(=O)c1ccc(F)cc1F. The van der Waals surface area contributed by atoms with Gasteiger partial charge in [-0.2, -0.15) is 5.10 Å². The summed E-state index contributed by atoms with van der Waals surface area (Å²) >= 11 is 0. The smallest absolute Gasteiger partial charge is 0.256 e. The van der Waals surface area contributed by atoms with E-state index in [4.69, 9.17) is 0 Å². The molecule has 2 rings (SSSR count). The number of hydrogen-bond acceptors (Lipinski definition) is 2. The Morgan fingerprint density at radius 3 is 2.68 bits per heavy atom. The van der Waals surface area contributed by atoms with E-state index in [1.807, 2.05) is 0 Å². The van der Waals surface area contributed by atoms with Crippen LogP contribution in [-0.4, -0.2) is 27.6 Å². The largest absolute Gasteiger partial charge is 0.336 e. The van der Waals surface area contributed by atoms with Crippen LogP contribution < -0.4 is 0 Å². The van der Waals surface area contributed by atoms with Gasteiger partial charge in [-0.15, -0.1) is 0 Å². The normalized spacial score (nSPS) is 10.5. The van der Waals surface area contributed by atoms with Gasteiger partial charge in [-0.1, -0.05) is 0 Å². The van der Waals surface area contributed by atoms with Crippen LogP contribution in [0.15, 0.2) is 30.5 Å². The second-order valence-electron chi connectivity index (χ2n) is 4.23. The molecule has 2 aromatic rings. The lowest BCUT2D eigenvalue weighted by Gasteiger charge is -2.17. The molecule has 0 unspecified atom stereocenters. The molecule has 0 N–H and O–H groups in total. The molecule has 19 heavy (non-hydrogen) atoms. The van der Waals surface area contributed by atoms with Gasteiger partial charge in [-0.05, 0) is 18.2 Å². The highest BCUT2D eigenvalue weighted by Crippen LogP contribution is 2.13. The first-order valence-electron chi connectivity index (χ1n) is 5.66. The Morgan fingerprint density at radius 1 is 1.37 bits per heavy atom. The van der Waals surface area contributed by atoms with Gasteiger partial charge in [-0.3, -0.25) is 9.48 Å². The van der Waals surface area contributed by atoms with Crippen molar-refractivity contribution in [3.8, 4) is 0 Å². The standard InChI is InChI=1S/C13H13F2N3O/c1-17(8-10-5-6-16-18(10)2)13(19)11-4-3-9(14)7-12(11)15/h3-7H,8H2,1-2H3. The fourth-order valence-corrected chi connectivity index (χ4v) is 1.74. The van der Waals surface area contributed by atoms with Crippen molar-refractivity contribution in [2.45, 2.75) is 6.54 Å². The second-order valence-corrected chi connectivity index (χ2v) is 4.23. The van der Waals surface area contributed by atoms with Crippen molar-refractivity contribution in [1.29, 1.82) is 0 Å². The van der Waals surface area contributed by atoms with Gasteiger partial charge < -0.3 is 4.90 Å². The summed E-state index contributed by atoms with van der Waals surface area (Å²) < 4.78 is 27.9. The number of amides is 1. The van der Waals surface area contributed by atoms with E-state index in [2.05, 4.69) is 5.10 Å². The zero-order chi connectivity index (χ0) is 14.0. The summed E-state index contributed by atoms with van der Waals surface area (Å²) in [4.78, 5) is 13.4. The molecule has 0 aliphatic carbocycles. The predicted molar refractivity (Wildman–Crippen MR) is 65.4 cm³/mol. The Bertz CT molecular complexity index is 610. The monoisotopic (exact) mass is 265 g/mol. The fourth-order valence-electron chi connectivity index (χ4n) is 1.74. The number of carbonyl (C=O) groups excluding carboxylic acids is 1. The Balaban J connectivity index is 2.17. The van der Waals surface area contributed by atoms with Crippen LogP contribution in [0.2, 0.25) is 0 Å². The highest BCUT2D eigenvalue weighted by Gasteiger charge is 2.17. The van der Waals surface area contributed by atoms with Crippen LogP contribution in [0.4, 0.5) is 8.78 Å². The molecule has 0 radical (unpaired) electrons. The number of rotatable bonds is 3. The Labute approximate surface area is 109 Å². The van der Waals surface area contributed by atoms with Gasteiger partial charge in [-0.25, -0.2) is 8.78 Å². The summed E-state index contributed by atoms with van der Waals surface area (Å²) in [5.74, 6) is -2.07. The molecule has 100 valence electrons. The summed E-state index contributed by atoms with van der Waals surface area (Å²) in [5, 5.41) is 3.99. The molecule has 4 nitrogen and oxygen atoms in total. The lowest BCUT2D eigenvalue weighted by molar-refractivity contribution is 0.0777. The third-order valence-electron chi connectivity index (χ3n) is 2.83. The molecule has 0 saturated carbocycles. The first kappa shape index (κ1) is 13.2. The van der Waals surface area contributed by atoms with Crippen molar-refractivity contribution >= 4 is 5.91 Å². The summed E-state index contributed by atoms with van der Waals surface area (Å²) in [6.45, 7) is 0.298. The van der Waals surface area contributed by atoms with Crippen LogP contribution in [0.25, 0.3) is 0 Å². The molecule has 1 heterocycles. The van der Waals surface area contributed by atoms with Crippen LogP contribution in [0.5, 0.6) is 0 Å². The summed E-state index contributed by atoms with van der Waals surface area (Å²) in [6.07, 6.45) is 1.62. The van der Waals surface area contributed by atoms with Crippen molar-refractivity contribution in [2.75, 3.05) is 7.05 Å². The van der Waals surface area contributed by atoms with Gasteiger partial charge in [0, 0.05) is 26.4 Å². The maximum absolute atomic E-state index is 13.5. The van der Waals surface area contributed by atoms with E-state index in [-0.39, 0.29) is 5.56 Å². The minimum atomic E-state index is -0.859. The van der Waals surface area contributed by atoms with Crippen molar-refractivity contribution in [1.82, 2.24) is 14.7 Å². The highest BCUT2D eigenvalue weighted by atomic mass is 19.1. The van der Waals surface area contributed by atoms with E-state index in [9.17, 15) is 13.6 Å². The maximum Gasteiger partial charge on any atom is 0.256 e. The van der Waals surface area contributed by atoms with Crippen LogP contribution in [-0.2, 0) is 13.6 Å². The van der Waals surface area contributed by atoms with Gasteiger partial charge in [0.1, 0.15) is 11.6 Å². The highest BCUT2D eigenvalue weighted by molar-refractivity contribution is 5.94. The average Bonchev–Trinajstić information content (AvgIpc) is 2.74. The molecular formula is C13H13F2N3O.